The van der Waals surface area contributed by atoms with Gasteiger partial charge in [0.15, 0.2) is 0 Å². The minimum Gasteiger partial charge on any atom is -0.481 e. The van der Waals surface area contributed by atoms with Gasteiger partial charge < -0.3 is 10.4 Å². The highest BCUT2D eigenvalue weighted by molar-refractivity contribution is 5.78. The second-order valence-corrected chi connectivity index (χ2v) is 5.43. The molecule has 1 aliphatic carbocycles. The van der Waals surface area contributed by atoms with Crippen LogP contribution in [0.5, 0.6) is 0 Å². The molecule has 0 aromatic heterocycles. The Labute approximate surface area is 103 Å². The van der Waals surface area contributed by atoms with Gasteiger partial charge in [-0.2, -0.15) is 0 Å². The Morgan fingerprint density at radius 1 is 1.12 bits per heavy atom. The number of hydrogen-bond acceptors (Lipinski definition) is 2. The van der Waals surface area contributed by atoms with Crippen LogP contribution in [0.15, 0.2) is 0 Å². The summed E-state index contributed by atoms with van der Waals surface area (Å²) in [7, 11) is 0. The van der Waals surface area contributed by atoms with E-state index in [1.54, 1.807) is 0 Å². The SMILES string of the molecule is CC(C)C(C)C(=O)NC1CCC(C(=O)O)CC1. The molecule has 4 nitrogen and oxygen atoms in total. The van der Waals surface area contributed by atoms with E-state index in [1.165, 1.54) is 0 Å². The molecular weight excluding hydrogens is 218 g/mol. The number of carbonyl (C=O) groups excluding carboxylic acids is 1. The molecule has 0 aliphatic heterocycles. The summed E-state index contributed by atoms with van der Waals surface area (Å²) in [4.78, 5) is 22.6. The summed E-state index contributed by atoms with van der Waals surface area (Å²) in [5.74, 6) is -0.465. The van der Waals surface area contributed by atoms with E-state index >= 15 is 0 Å². The van der Waals surface area contributed by atoms with Crippen LogP contribution in [0, 0.1) is 17.8 Å². The fraction of sp³-hybridized carbons (Fsp3) is 0.846. The Bertz CT molecular complexity index is 280. The topological polar surface area (TPSA) is 66.4 Å². The summed E-state index contributed by atoms with van der Waals surface area (Å²) >= 11 is 0. The number of aliphatic carboxylic acids is 1. The molecular formula is C13H23NO3. The van der Waals surface area contributed by atoms with Gasteiger partial charge in [0, 0.05) is 12.0 Å². The van der Waals surface area contributed by atoms with Gasteiger partial charge in [-0.05, 0) is 31.6 Å². The minimum atomic E-state index is -0.703. The van der Waals surface area contributed by atoms with Crippen molar-refractivity contribution in [1.82, 2.24) is 5.32 Å². The molecule has 0 heterocycles. The lowest BCUT2D eigenvalue weighted by Crippen LogP contribution is -2.42. The van der Waals surface area contributed by atoms with Gasteiger partial charge in [0.2, 0.25) is 5.91 Å². The third-order valence-electron chi connectivity index (χ3n) is 3.84. The highest BCUT2D eigenvalue weighted by Gasteiger charge is 2.27. The molecule has 1 amide bonds. The van der Waals surface area contributed by atoms with Crippen LogP contribution in [0.2, 0.25) is 0 Å². The maximum Gasteiger partial charge on any atom is 0.306 e. The van der Waals surface area contributed by atoms with Crippen LogP contribution < -0.4 is 5.32 Å². The quantitative estimate of drug-likeness (QED) is 0.791. The molecule has 0 aromatic rings. The van der Waals surface area contributed by atoms with Gasteiger partial charge in [0.05, 0.1) is 5.92 Å². The molecule has 0 radical (unpaired) electrons. The second-order valence-electron chi connectivity index (χ2n) is 5.43. The standard InChI is InChI=1S/C13H23NO3/c1-8(2)9(3)12(15)14-11-6-4-10(5-7-11)13(16)17/h8-11H,4-7H2,1-3H3,(H,14,15)(H,16,17). The van der Waals surface area contributed by atoms with Crippen LogP contribution in [0.3, 0.4) is 0 Å². The van der Waals surface area contributed by atoms with Crippen LogP contribution in [-0.4, -0.2) is 23.0 Å². The molecule has 1 atom stereocenters. The lowest BCUT2D eigenvalue weighted by molar-refractivity contribution is -0.142. The maximum atomic E-state index is 11.8. The zero-order chi connectivity index (χ0) is 13.0. The van der Waals surface area contributed by atoms with E-state index in [9.17, 15) is 9.59 Å². The first-order chi connectivity index (χ1) is 7.91. The zero-order valence-corrected chi connectivity index (χ0v) is 10.9. The summed E-state index contributed by atoms with van der Waals surface area (Å²) < 4.78 is 0. The summed E-state index contributed by atoms with van der Waals surface area (Å²) in [5, 5.41) is 11.9. The molecule has 1 saturated carbocycles. The predicted octanol–water partition coefficient (Wildman–Crippen LogP) is 2.04. The number of carbonyl (C=O) groups is 2. The Hall–Kier alpha value is -1.06. The summed E-state index contributed by atoms with van der Waals surface area (Å²) in [6.07, 6.45) is 2.92. The van der Waals surface area contributed by atoms with Crippen molar-refractivity contribution in [3.63, 3.8) is 0 Å². The second kappa shape index (κ2) is 6.03. The molecule has 17 heavy (non-hydrogen) atoms. The van der Waals surface area contributed by atoms with Gasteiger partial charge in [-0.25, -0.2) is 0 Å². The van der Waals surface area contributed by atoms with Crippen molar-refractivity contribution in [3.8, 4) is 0 Å². The average molecular weight is 241 g/mol. The highest BCUT2D eigenvalue weighted by atomic mass is 16.4. The van der Waals surface area contributed by atoms with E-state index in [0.717, 1.165) is 12.8 Å². The fourth-order valence-electron chi connectivity index (χ4n) is 2.12. The monoisotopic (exact) mass is 241 g/mol. The van der Waals surface area contributed by atoms with Crippen molar-refractivity contribution >= 4 is 11.9 Å². The number of amides is 1. The molecule has 0 saturated heterocycles. The predicted molar refractivity (Wildman–Crippen MR) is 65.5 cm³/mol. The number of hydrogen-bond donors (Lipinski definition) is 2. The van der Waals surface area contributed by atoms with Crippen molar-refractivity contribution in [2.45, 2.75) is 52.5 Å². The molecule has 0 spiro atoms. The molecule has 0 bridgehead atoms. The molecule has 1 aliphatic rings. The zero-order valence-electron chi connectivity index (χ0n) is 10.9. The average Bonchev–Trinajstić information content (AvgIpc) is 2.28. The van der Waals surface area contributed by atoms with E-state index in [0.29, 0.717) is 18.8 Å². The Morgan fingerprint density at radius 3 is 2.06 bits per heavy atom. The number of carboxylic acids is 1. The molecule has 2 N–H and O–H groups in total. The van der Waals surface area contributed by atoms with Crippen molar-refractivity contribution < 1.29 is 14.7 Å². The van der Waals surface area contributed by atoms with Crippen molar-refractivity contribution in [1.29, 1.82) is 0 Å². The van der Waals surface area contributed by atoms with Gasteiger partial charge in [-0.1, -0.05) is 20.8 Å². The van der Waals surface area contributed by atoms with Crippen LogP contribution >= 0.6 is 0 Å². The van der Waals surface area contributed by atoms with Crippen LogP contribution in [-0.2, 0) is 9.59 Å². The van der Waals surface area contributed by atoms with E-state index in [2.05, 4.69) is 5.32 Å². The van der Waals surface area contributed by atoms with E-state index in [1.807, 2.05) is 20.8 Å². The van der Waals surface area contributed by atoms with Crippen LogP contribution in [0.4, 0.5) is 0 Å². The number of carboxylic acid groups (broad SMARTS) is 1. The molecule has 4 heteroatoms. The molecule has 98 valence electrons. The summed E-state index contributed by atoms with van der Waals surface area (Å²) in [5.41, 5.74) is 0. The third-order valence-corrected chi connectivity index (χ3v) is 3.84. The normalized spacial score (nSPS) is 26.6. The Morgan fingerprint density at radius 2 is 1.65 bits per heavy atom. The van der Waals surface area contributed by atoms with Crippen molar-refractivity contribution in [2.24, 2.45) is 17.8 Å². The summed E-state index contributed by atoms with van der Waals surface area (Å²) in [6.45, 7) is 6.00. The first kappa shape index (κ1) is 14.0. The number of rotatable bonds is 4. The van der Waals surface area contributed by atoms with Gasteiger partial charge in [-0.15, -0.1) is 0 Å². The summed E-state index contributed by atoms with van der Waals surface area (Å²) in [6, 6.07) is 0.166. The Balaban J connectivity index is 2.35. The molecule has 1 rings (SSSR count). The van der Waals surface area contributed by atoms with Crippen LogP contribution in [0.25, 0.3) is 0 Å². The molecule has 0 aromatic carbocycles. The first-order valence-corrected chi connectivity index (χ1v) is 6.45. The lowest BCUT2D eigenvalue weighted by Gasteiger charge is -2.28. The Kier molecular flexibility index (Phi) is 4.97. The van der Waals surface area contributed by atoms with Crippen molar-refractivity contribution in [2.75, 3.05) is 0 Å². The smallest absolute Gasteiger partial charge is 0.306 e. The van der Waals surface area contributed by atoms with Gasteiger partial charge in [0.25, 0.3) is 0 Å². The van der Waals surface area contributed by atoms with Crippen LogP contribution in [0.1, 0.15) is 46.5 Å². The van der Waals surface area contributed by atoms with E-state index < -0.39 is 5.97 Å². The van der Waals surface area contributed by atoms with Gasteiger partial charge in [-0.3, -0.25) is 9.59 Å². The number of nitrogens with one attached hydrogen (secondary N) is 1. The lowest BCUT2D eigenvalue weighted by atomic mass is 9.85. The minimum absolute atomic E-state index is 0.0206. The molecule has 1 fully saturated rings. The van der Waals surface area contributed by atoms with Gasteiger partial charge in [0.1, 0.15) is 0 Å². The van der Waals surface area contributed by atoms with E-state index in [-0.39, 0.29) is 23.8 Å². The fourth-order valence-corrected chi connectivity index (χ4v) is 2.12. The largest absolute Gasteiger partial charge is 0.481 e. The third kappa shape index (κ3) is 4.02. The van der Waals surface area contributed by atoms with Gasteiger partial charge >= 0.3 is 5.97 Å². The molecule has 1 unspecified atom stereocenters. The highest BCUT2D eigenvalue weighted by Crippen LogP contribution is 2.24. The first-order valence-electron chi connectivity index (χ1n) is 6.45. The maximum absolute atomic E-state index is 11.8. The van der Waals surface area contributed by atoms with E-state index in [4.69, 9.17) is 5.11 Å². The van der Waals surface area contributed by atoms with Crippen molar-refractivity contribution in [3.05, 3.63) is 0 Å².